The van der Waals surface area contributed by atoms with E-state index in [9.17, 15) is 4.79 Å². The number of hydrogen-bond donors (Lipinski definition) is 1. The standard InChI is InChI=1S/C9H18N2O2S/c1-7(2)6-11(9(12)13-3)5-4-8(10)14/h7H,4-6H2,1-3H3,(H2,10,14). The SMILES string of the molecule is COC(=O)N(CCC(N)=S)CC(C)C. The predicted molar refractivity (Wildman–Crippen MR) is 60.2 cm³/mol. The van der Waals surface area contributed by atoms with Crippen LogP contribution in [-0.4, -0.2) is 36.2 Å². The number of nitrogens with zero attached hydrogens (tertiary/aromatic N) is 1. The molecule has 0 unspecified atom stereocenters. The van der Waals surface area contributed by atoms with Crippen molar-refractivity contribution in [3.8, 4) is 0 Å². The van der Waals surface area contributed by atoms with Crippen molar-refractivity contribution in [1.29, 1.82) is 0 Å². The Morgan fingerprint density at radius 2 is 2.14 bits per heavy atom. The van der Waals surface area contributed by atoms with Gasteiger partial charge in [-0.2, -0.15) is 0 Å². The molecule has 0 aliphatic rings. The fourth-order valence-electron chi connectivity index (χ4n) is 1.07. The lowest BCUT2D eigenvalue weighted by Crippen LogP contribution is -2.36. The Kier molecular flexibility index (Phi) is 6.19. The summed E-state index contributed by atoms with van der Waals surface area (Å²) in [6.45, 7) is 5.27. The summed E-state index contributed by atoms with van der Waals surface area (Å²) in [5.74, 6) is 0.403. The number of carbonyl (C=O) groups is 1. The molecule has 0 fully saturated rings. The molecule has 0 aromatic heterocycles. The average molecular weight is 218 g/mol. The molecule has 1 amide bonds. The van der Waals surface area contributed by atoms with E-state index in [1.807, 2.05) is 13.8 Å². The molecule has 2 N–H and O–H groups in total. The van der Waals surface area contributed by atoms with Crippen molar-refractivity contribution in [3.63, 3.8) is 0 Å². The van der Waals surface area contributed by atoms with E-state index < -0.39 is 0 Å². The van der Waals surface area contributed by atoms with Gasteiger partial charge in [-0.15, -0.1) is 0 Å². The summed E-state index contributed by atoms with van der Waals surface area (Å²) in [6.07, 6.45) is 0.215. The summed E-state index contributed by atoms with van der Waals surface area (Å²) in [4.78, 5) is 13.3. The number of ether oxygens (including phenoxy) is 1. The summed E-state index contributed by atoms with van der Waals surface area (Å²) in [7, 11) is 1.37. The van der Waals surface area contributed by atoms with Gasteiger partial charge in [0.1, 0.15) is 0 Å². The Balaban J connectivity index is 4.10. The van der Waals surface area contributed by atoms with E-state index in [1.54, 1.807) is 4.90 Å². The highest BCUT2D eigenvalue weighted by Crippen LogP contribution is 2.02. The molecule has 5 heteroatoms. The van der Waals surface area contributed by atoms with E-state index in [1.165, 1.54) is 7.11 Å². The number of carbonyl (C=O) groups excluding carboxylic acids is 1. The van der Waals surface area contributed by atoms with Crippen LogP contribution in [0.3, 0.4) is 0 Å². The second-order valence-electron chi connectivity index (χ2n) is 3.53. The molecule has 14 heavy (non-hydrogen) atoms. The third-order valence-electron chi connectivity index (χ3n) is 1.65. The molecule has 0 aliphatic heterocycles. The van der Waals surface area contributed by atoms with Gasteiger partial charge in [-0.1, -0.05) is 26.1 Å². The Morgan fingerprint density at radius 1 is 1.57 bits per heavy atom. The number of amides is 1. The van der Waals surface area contributed by atoms with Crippen molar-refractivity contribution in [3.05, 3.63) is 0 Å². The summed E-state index contributed by atoms with van der Waals surface area (Å²) in [5.41, 5.74) is 5.37. The van der Waals surface area contributed by atoms with E-state index in [0.29, 0.717) is 30.4 Å². The van der Waals surface area contributed by atoms with Gasteiger partial charge in [-0.05, 0) is 5.92 Å². The molecule has 0 aromatic rings. The normalized spacial score (nSPS) is 10.0. The summed E-state index contributed by atoms with van der Waals surface area (Å²) < 4.78 is 4.65. The average Bonchev–Trinajstić information content (AvgIpc) is 2.10. The maximum absolute atomic E-state index is 11.3. The van der Waals surface area contributed by atoms with Crippen LogP contribution in [0.5, 0.6) is 0 Å². The highest BCUT2D eigenvalue weighted by Gasteiger charge is 2.14. The number of thiocarbonyl (C=S) groups is 1. The maximum Gasteiger partial charge on any atom is 0.409 e. The van der Waals surface area contributed by atoms with Gasteiger partial charge in [-0.25, -0.2) is 4.79 Å². The Labute approximate surface area is 90.4 Å². The quantitative estimate of drug-likeness (QED) is 0.708. The van der Waals surface area contributed by atoms with Crippen LogP contribution in [0, 0.1) is 5.92 Å². The van der Waals surface area contributed by atoms with Crippen LogP contribution < -0.4 is 5.73 Å². The molecule has 0 bridgehead atoms. The third-order valence-corrected chi connectivity index (χ3v) is 1.85. The summed E-state index contributed by atoms with van der Waals surface area (Å²) in [5, 5.41) is 0. The zero-order valence-corrected chi connectivity index (χ0v) is 9.76. The number of nitrogens with two attached hydrogens (primary N) is 1. The fraction of sp³-hybridized carbons (Fsp3) is 0.778. The molecule has 4 nitrogen and oxygen atoms in total. The third kappa shape index (κ3) is 5.75. The second-order valence-corrected chi connectivity index (χ2v) is 4.05. The van der Waals surface area contributed by atoms with Crippen LogP contribution in [-0.2, 0) is 4.74 Å². The first kappa shape index (κ1) is 13.2. The molecule has 0 saturated heterocycles. The van der Waals surface area contributed by atoms with Crippen LogP contribution in [0.25, 0.3) is 0 Å². The lowest BCUT2D eigenvalue weighted by atomic mass is 10.2. The Bertz CT molecular complexity index is 207. The topological polar surface area (TPSA) is 55.6 Å². The van der Waals surface area contributed by atoms with Crippen molar-refractivity contribution in [2.75, 3.05) is 20.2 Å². The molecule has 0 radical (unpaired) electrons. The van der Waals surface area contributed by atoms with E-state index in [4.69, 9.17) is 18.0 Å². The minimum atomic E-state index is -0.324. The van der Waals surface area contributed by atoms with Gasteiger partial charge >= 0.3 is 6.09 Å². The largest absolute Gasteiger partial charge is 0.453 e. The Morgan fingerprint density at radius 3 is 2.50 bits per heavy atom. The van der Waals surface area contributed by atoms with Crippen LogP contribution in [0.15, 0.2) is 0 Å². The van der Waals surface area contributed by atoms with Crippen LogP contribution >= 0.6 is 12.2 Å². The molecule has 0 atom stereocenters. The summed E-state index contributed by atoms with van der Waals surface area (Å²) >= 11 is 4.75. The van der Waals surface area contributed by atoms with Crippen molar-refractivity contribution >= 4 is 23.3 Å². The van der Waals surface area contributed by atoms with Gasteiger partial charge in [-0.3, -0.25) is 0 Å². The first-order chi connectivity index (χ1) is 6.47. The molecule has 0 rings (SSSR count). The first-order valence-corrected chi connectivity index (χ1v) is 4.99. The van der Waals surface area contributed by atoms with Gasteiger partial charge in [0.25, 0.3) is 0 Å². The number of hydrogen-bond acceptors (Lipinski definition) is 3. The van der Waals surface area contributed by atoms with Crippen LogP contribution in [0.4, 0.5) is 4.79 Å². The maximum atomic E-state index is 11.3. The first-order valence-electron chi connectivity index (χ1n) is 4.58. The Hall–Kier alpha value is -0.840. The minimum absolute atomic E-state index is 0.324. The molecular weight excluding hydrogens is 200 g/mol. The number of rotatable bonds is 5. The highest BCUT2D eigenvalue weighted by atomic mass is 32.1. The zero-order valence-electron chi connectivity index (χ0n) is 8.95. The van der Waals surface area contributed by atoms with Crippen molar-refractivity contribution in [2.24, 2.45) is 11.7 Å². The van der Waals surface area contributed by atoms with E-state index in [0.717, 1.165) is 0 Å². The molecular formula is C9H18N2O2S. The highest BCUT2D eigenvalue weighted by molar-refractivity contribution is 7.80. The summed E-state index contributed by atoms with van der Waals surface area (Å²) in [6, 6.07) is 0. The zero-order chi connectivity index (χ0) is 11.1. The number of methoxy groups -OCH3 is 1. The monoisotopic (exact) mass is 218 g/mol. The molecule has 0 saturated carbocycles. The van der Waals surface area contributed by atoms with Crippen molar-refractivity contribution < 1.29 is 9.53 Å². The van der Waals surface area contributed by atoms with E-state index in [2.05, 4.69) is 4.74 Å². The van der Waals surface area contributed by atoms with Crippen molar-refractivity contribution in [2.45, 2.75) is 20.3 Å². The van der Waals surface area contributed by atoms with Gasteiger partial charge in [0, 0.05) is 19.5 Å². The van der Waals surface area contributed by atoms with Gasteiger partial charge in [0.15, 0.2) is 0 Å². The van der Waals surface area contributed by atoms with Gasteiger partial charge in [0.2, 0.25) is 0 Å². The van der Waals surface area contributed by atoms with Crippen LogP contribution in [0.1, 0.15) is 20.3 Å². The van der Waals surface area contributed by atoms with Gasteiger partial charge < -0.3 is 15.4 Å². The molecule has 0 spiro atoms. The fourth-order valence-corrected chi connectivity index (χ4v) is 1.16. The van der Waals surface area contributed by atoms with Gasteiger partial charge in [0.05, 0.1) is 12.1 Å². The lowest BCUT2D eigenvalue weighted by Gasteiger charge is -2.22. The molecule has 0 aromatic carbocycles. The molecule has 0 heterocycles. The molecule has 82 valence electrons. The van der Waals surface area contributed by atoms with E-state index in [-0.39, 0.29) is 6.09 Å². The van der Waals surface area contributed by atoms with Crippen molar-refractivity contribution in [1.82, 2.24) is 4.90 Å². The van der Waals surface area contributed by atoms with Crippen LogP contribution in [0.2, 0.25) is 0 Å². The smallest absolute Gasteiger partial charge is 0.409 e. The lowest BCUT2D eigenvalue weighted by molar-refractivity contribution is 0.119. The predicted octanol–water partition coefficient (Wildman–Crippen LogP) is 1.39. The van der Waals surface area contributed by atoms with E-state index >= 15 is 0 Å². The molecule has 0 aliphatic carbocycles. The second kappa shape index (κ2) is 6.59. The minimum Gasteiger partial charge on any atom is -0.453 e.